The van der Waals surface area contributed by atoms with E-state index < -0.39 is 0 Å². The SMILES string of the molecule is O=C(Nc1nnc(SCc2ccccc2F)s1)C1CCC1. The summed E-state index contributed by atoms with van der Waals surface area (Å²) in [7, 11) is 0. The zero-order valence-corrected chi connectivity index (χ0v) is 12.8. The molecule has 0 atom stereocenters. The van der Waals surface area contributed by atoms with E-state index >= 15 is 0 Å². The molecule has 4 nitrogen and oxygen atoms in total. The van der Waals surface area contributed by atoms with E-state index in [2.05, 4.69) is 15.5 Å². The molecule has 0 radical (unpaired) electrons. The Morgan fingerprint density at radius 1 is 1.38 bits per heavy atom. The number of benzene rings is 1. The molecule has 1 amide bonds. The summed E-state index contributed by atoms with van der Waals surface area (Å²) in [6.45, 7) is 0. The highest BCUT2D eigenvalue weighted by molar-refractivity contribution is 8.00. The molecule has 1 aliphatic rings. The molecule has 1 heterocycles. The Labute approximate surface area is 130 Å². The average molecular weight is 323 g/mol. The molecule has 2 aromatic rings. The molecule has 1 aromatic heterocycles. The van der Waals surface area contributed by atoms with E-state index in [4.69, 9.17) is 0 Å². The molecule has 3 rings (SSSR count). The summed E-state index contributed by atoms with van der Waals surface area (Å²) in [6, 6.07) is 6.68. The van der Waals surface area contributed by atoms with E-state index in [1.165, 1.54) is 29.2 Å². The zero-order valence-electron chi connectivity index (χ0n) is 11.2. The minimum Gasteiger partial charge on any atom is -0.300 e. The van der Waals surface area contributed by atoms with Crippen LogP contribution >= 0.6 is 23.1 Å². The van der Waals surface area contributed by atoms with Crippen LogP contribution in [0.4, 0.5) is 9.52 Å². The van der Waals surface area contributed by atoms with Crippen molar-refractivity contribution in [2.24, 2.45) is 5.92 Å². The van der Waals surface area contributed by atoms with Crippen molar-refractivity contribution in [1.82, 2.24) is 10.2 Å². The normalized spacial score (nSPS) is 14.7. The van der Waals surface area contributed by atoms with Crippen molar-refractivity contribution in [1.29, 1.82) is 0 Å². The average Bonchev–Trinajstić information content (AvgIpc) is 2.83. The van der Waals surface area contributed by atoms with Crippen LogP contribution in [0.3, 0.4) is 0 Å². The number of nitrogens with one attached hydrogen (secondary N) is 1. The molecule has 1 fully saturated rings. The number of amides is 1. The third-order valence-corrected chi connectivity index (χ3v) is 5.44. The number of thioether (sulfide) groups is 1. The number of halogens is 1. The molecule has 0 saturated heterocycles. The van der Waals surface area contributed by atoms with Crippen LogP contribution in [0.5, 0.6) is 0 Å². The highest BCUT2D eigenvalue weighted by Crippen LogP contribution is 2.31. The number of rotatable bonds is 5. The van der Waals surface area contributed by atoms with Gasteiger partial charge in [0.1, 0.15) is 5.82 Å². The number of nitrogens with zero attached hydrogens (tertiary/aromatic N) is 2. The fourth-order valence-corrected chi connectivity index (χ4v) is 3.69. The first-order valence-electron chi connectivity index (χ1n) is 6.73. The van der Waals surface area contributed by atoms with E-state index in [0.29, 0.717) is 16.4 Å². The van der Waals surface area contributed by atoms with Crippen LogP contribution in [-0.4, -0.2) is 16.1 Å². The molecule has 0 unspecified atom stereocenters. The molecule has 1 aliphatic carbocycles. The van der Waals surface area contributed by atoms with Gasteiger partial charge in [-0.1, -0.05) is 47.7 Å². The fourth-order valence-electron chi connectivity index (χ4n) is 1.95. The Morgan fingerprint density at radius 2 is 2.19 bits per heavy atom. The second kappa shape index (κ2) is 6.53. The van der Waals surface area contributed by atoms with Gasteiger partial charge < -0.3 is 5.32 Å². The lowest BCUT2D eigenvalue weighted by atomic mass is 9.85. The van der Waals surface area contributed by atoms with E-state index in [9.17, 15) is 9.18 Å². The molecular formula is C14H14FN3OS2. The summed E-state index contributed by atoms with van der Waals surface area (Å²) in [5, 5.41) is 11.3. The van der Waals surface area contributed by atoms with Gasteiger partial charge >= 0.3 is 0 Å². The van der Waals surface area contributed by atoms with Crippen LogP contribution in [0.15, 0.2) is 28.6 Å². The van der Waals surface area contributed by atoms with Crippen molar-refractivity contribution in [2.45, 2.75) is 29.4 Å². The van der Waals surface area contributed by atoms with E-state index in [0.717, 1.165) is 23.6 Å². The van der Waals surface area contributed by atoms with Gasteiger partial charge in [0.2, 0.25) is 11.0 Å². The summed E-state index contributed by atoms with van der Waals surface area (Å²) in [6.07, 6.45) is 3.04. The summed E-state index contributed by atoms with van der Waals surface area (Å²) < 4.78 is 14.2. The number of aromatic nitrogens is 2. The summed E-state index contributed by atoms with van der Waals surface area (Å²) in [4.78, 5) is 11.8. The van der Waals surface area contributed by atoms with Gasteiger partial charge in [-0.05, 0) is 24.5 Å². The van der Waals surface area contributed by atoms with Crippen LogP contribution < -0.4 is 5.32 Å². The maximum atomic E-state index is 13.5. The van der Waals surface area contributed by atoms with Crippen molar-refractivity contribution < 1.29 is 9.18 Å². The molecule has 1 aromatic carbocycles. The lowest BCUT2D eigenvalue weighted by molar-refractivity contribution is -0.122. The first kappa shape index (κ1) is 14.5. The van der Waals surface area contributed by atoms with Crippen LogP contribution in [0.1, 0.15) is 24.8 Å². The van der Waals surface area contributed by atoms with Gasteiger partial charge in [0.15, 0.2) is 4.34 Å². The molecule has 7 heteroatoms. The van der Waals surface area contributed by atoms with Crippen molar-refractivity contribution in [3.8, 4) is 0 Å². The lowest BCUT2D eigenvalue weighted by Crippen LogP contribution is -2.27. The van der Waals surface area contributed by atoms with Gasteiger partial charge in [-0.25, -0.2) is 4.39 Å². The number of anilines is 1. The Hall–Kier alpha value is -1.47. The van der Waals surface area contributed by atoms with E-state index in [1.54, 1.807) is 12.1 Å². The first-order chi connectivity index (χ1) is 10.2. The number of hydrogen-bond donors (Lipinski definition) is 1. The maximum Gasteiger partial charge on any atom is 0.229 e. The van der Waals surface area contributed by atoms with Crippen LogP contribution in [0, 0.1) is 11.7 Å². The van der Waals surface area contributed by atoms with Gasteiger partial charge in [-0.3, -0.25) is 4.79 Å². The lowest BCUT2D eigenvalue weighted by Gasteiger charge is -2.23. The maximum absolute atomic E-state index is 13.5. The monoisotopic (exact) mass is 323 g/mol. The third kappa shape index (κ3) is 3.59. The highest BCUT2D eigenvalue weighted by Gasteiger charge is 2.25. The Bertz CT molecular complexity index is 643. The zero-order chi connectivity index (χ0) is 14.7. The van der Waals surface area contributed by atoms with Gasteiger partial charge in [-0.2, -0.15) is 0 Å². The molecule has 0 spiro atoms. The standard InChI is InChI=1S/C14H14FN3OS2/c15-11-7-2-1-4-10(11)8-20-14-18-17-13(21-14)16-12(19)9-5-3-6-9/h1-2,4,7,9H,3,5-6,8H2,(H,16,17,19). The van der Waals surface area contributed by atoms with Gasteiger partial charge in [0, 0.05) is 11.7 Å². The molecule has 21 heavy (non-hydrogen) atoms. The van der Waals surface area contributed by atoms with Crippen LogP contribution in [0.2, 0.25) is 0 Å². The van der Waals surface area contributed by atoms with Crippen molar-refractivity contribution in [2.75, 3.05) is 5.32 Å². The Kier molecular flexibility index (Phi) is 4.50. The summed E-state index contributed by atoms with van der Waals surface area (Å²) in [5.41, 5.74) is 0.637. The second-order valence-corrected chi connectivity index (χ2v) is 7.07. The van der Waals surface area contributed by atoms with Gasteiger partial charge in [0.05, 0.1) is 0 Å². The van der Waals surface area contributed by atoms with Gasteiger partial charge in [-0.15, -0.1) is 10.2 Å². The van der Waals surface area contributed by atoms with Crippen molar-refractivity contribution >= 4 is 34.1 Å². The highest BCUT2D eigenvalue weighted by atomic mass is 32.2. The summed E-state index contributed by atoms with van der Waals surface area (Å²) in [5.74, 6) is 0.442. The molecule has 0 bridgehead atoms. The van der Waals surface area contributed by atoms with Crippen LogP contribution in [-0.2, 0) is 10.5 Å². The smallest absolute Gasteiger partial charge is 0.229 e. The van der Waals surface area contributed by atoms with Crippen molar-refractivity contribution in [3.05, 3.63) is 35.6 Å². The van der Waals surface area contributed by atoms with Crippen molar-refractivity contribution in [3.63, 3.8) is 0 Å². The number of carbonyl (C=O) groups is 1. The first-order valence-corrected chi connectivity index (χ1v) is 8.53. The Balaban J connectivity index is 1.55. The fraction of sp³-hybridized carbons (Fsp3) is 0.357. The molecular weight excluding hydrogens is 309 g/mol. The van der Waals surface area contributed by atoms with E-state index in [-0.39, 0.29) is 17.6 Å². The minimum absolute atomic E-state index is 0.0306. The number of hydrogen-bond acceptors (Lipinski definition) is 5. The Morgan fingerprint density at radius 3 is 2.90 bits per heavy atom. The van der Waals surface area contributed by atoms with Crippen LogP contribution in [0.25, 0.3) is 0 Å². The second-order valence-electron chi connectivity index (χ2n) is 4.87. The van der Waals surface area contributed by atoms with E-state index in [1.807, 2.05) is 6.07 Å². The number of carbonyl (C=O) groups excluding carboxylic acids is 1. The minimum atomic E-state index is -0.215. The van der Waals surface area contributed by atoms with Gasteiger partial charge in [0.25, 0.3) is 0 Å². The molecule has 1 saturated carbocycles. The molecule has 110 valence electrons. The quantitative estimate of drug-likeness (QED) is 0.673. The summed E-state index contributed by atoms with van der Waals surface area (Å²) >= 11 is 2.74. The third-order valence-electron chi connectivity index (χ3n) is 3.42. The predicted molar refractivity (Wildman–Crippen MR) is 81.8 cm³/mol. The molecule has 0 aliphatic heterocycles. The topological polar surface area (TPSA) is 54.9 Å². The predicted octanol–water partition coefficient (Wildman–Crippen LogP) is 3.71. The largest absolute Gasteiger partial charge is 0.300 e. The molecule has 1 N–H and O–H groups in total.